The van der Waals surface area contributed by atoms with Gasteiger partial charge < -0.3 is 9.47 Å². The summed E-state index contributed by atoms with van der Waals surface area (Å²) < 4.78 is 10.3. The Bertz CT molecular complexity index is 368. The first-order valence-corrected chi connectivity index (χ1v) is 5.49. The molecular weight excluding hydrogens is 220 g/mol. The van der Waals surface area contributed by atoms with Gasteiger partial charge in [0.2, 0.25) is 5.88 Å². The van der Waals surface area contributed by atoms with Crippen molar-refractivity contribution >= 4 is 11.8 Å². The van der Waals surface area contributed by atoms with Crippen LogP contribution in [0.15, 0.2) is 18.3 Å². The molecule has 0 aromatic carbocycles. The summed E-state index contributed by atoms with van der Waals surface area (Å²) in [7, 11) is 0. The largest absolute Gasteiger partial charge is 0.478 e. The maximum atomic E-state index is 11.4. The van der Waals surface area contributed by atoms with Crippen molar-refractivity contribution in [2.75, 3.05) is 11.9 Å². The molecule has 0 unspecified atom stereocenters. The highest BCUT2D eigenvalue weighted by Gasteiger charge is 2.16. The van der Waals surface area contributed by atoms with Crippen LogP contribution in [0, 0.1) is 0 Å². The summed E-state index contributed by atoms with van der Waals surface area (Å²) in [6.07, 6.45) is 1.03. The molecule has 94 valence electrons. The average molecular weight is 238 g/mol. The number of carbonyl (C=O) groups is 1. The van der Waals surface area contributed by atoms with Gasteiger partial charge in [0.25, 0.3) is 0 Å². The van der Waals surface area contributed by atoms with Crippen molar-refractivity contribution in [2.24, 2.45) is 0 Å². The third-order valence-corrected chi connectivity index (χ3v) is 1.67. The van der Waals surface area contributed by atoms with E-state index in [0.29, 0.717) is 18.2 Å². The minimum Gasteiger partial charge on any atom is -0.478 e. The topological polar surface area (TPSA) is 60.5 Å². The lowest BCUT2D eigenvalue weighted by molar-refractivity contribution is 0.0636. The maximum absolute atomic E-state index is 11.4. The van der Waals surface area contributed by atoms with Crippen LogP contribution in [0.1, 0.15) is 27.7 Å². The molecule has 1 rings (SSSR count). The molecule has 1 aromatic rings. The molecule has 0 aliphatic carbocycles. The number of nitrogens with one attached hydrogen (secondary N) is 1. The predicted octanol–water partition coefficient (Wildman–Crippen LogP) is 2.83. The highest BCUT2D eigenvalue weighted by atomic mass is 16.6. The highest BCUT2D eigenvalue weighted by Crippen LogP contribution is 2.13. The van der Waals surface area contributed by atoms with Gasteiger partial charge in [-0.25, -0.2) is 9.78 Å². The number of ether oxygens (including phenoxy) is 2. The first kappa shape index (κ1) is 13.3. The first-order valence-electron chi connectivity index (χ1n) is 5.49. The molecule has 17 heavy (non-hydrogen) atoms. The Labute approximate surface area is 101 Å². The molecule has 5 nitrogen and oxygen atoms in total. The molecule has 5 heteroatoms. The Hall–Kier alpha value is -1.78. The van der Waals surface area contributed by atoms with E-state index < -0.39 is 11.7 Å². The van der Waals surface area contributed by atoms with Gasteiger partial charge in [0.05, 0.1) is 18.5 Å². The van der Waals surface area contributed by atoms with Crippen LogP contribution in [-0.4, -0.2) is 23.3 Å². The fourth-order valence-corrected chi connectivity index (χ4v) is 1.11. The van der Waals surface area contributed by atoms with Crippen molar-refractivity contribution in [3.05, 3.63) is 18.3 Å². The Kier molecular flexibility index (Phi) is 4.31. The molecular formula is C12H18N2O3. The second kappa shape index (κ2) is 5.52. The summed E-state index contributed by atoms with van der Waals surface area (Å²) >= 11 is 0. The zero-order valence-electron chi connectivity index (χ0n) is 10.6. The van der Waals surface area contributed by atoms with E-state index in [1.165, 1.54) is 6.20 Å². The van der Waals surface area contributed by atoms with Crippen molar-refractivity contribution < 1.29 is 14.3 Å². The maximum Gasteiger partial charge on any atom is 0.412 e. The third kappa shape index (κ3) is 5.19. The molecule has 1 aromatic heterocycles. The van der Waals surface area contributed by atoms with Crippen molar-refractivity contribution in [1.29, 1.82) is 0 Å². The smallest absolute Gasteiger partial charge is 0.412 e. The summed E-state index contributed by atoms with van der Waals surface area (Å²) in [5.41, 5.74) is 0.0608. The van der Waals surface area contributed by atoms with E-state index in [4.69, 9.17) is 9.47 Å². The van der Waals surface area contributed by atoms with Gasteiger partial charge in [0, 0.05) is 6.07 Å². The molecule has 0 saturated heterocycles. The Morgan fingerprint density at radius 1 is 1.41 bits per heavy atom. The minimum atomic E-state index is -0.511. The summed E-state index contributed by atoms with van der Waals surface area (Å²) in [6, 6.07) is 3.40. The van der Waals surface area contributed by atoms with E-state index in [1.54, 1.807) is 12.1 Å². The van der Waals surface area contributed by atoms with Crippen LogP contribution in [-0.2, 0) is 4.74 Å². The second-order valence-corrected chi connectivity index (χ2v) is 4.45. The minimum absolute atomic E-state index is 0.497. The standard InChI is InChI=1S/C12H18N2O3/c1-5-16-10-7-6-9(8-13-10)14-11(15)17-12(2,3)4/h6-8H,5H2,1-4H3,(H,14,15). The first-order chi connectivity index (χ1) is 7.90. The predicted molar refractivity (Wildman–Crippen MR) is 65.3 cm³/mol. The molecule has 1 heterocycles. The third-order valence-electron chi connectivity index (χ3n) is 1.67. The molecule has 1 amide bonds. The lowest BCUT2D eigenvalue weighted by Gasteiger charge is -2.19. The SMILES string of the molecule is CCOc1ccc(NC(=O)OC(C)(C)C)cn1. The van der Waals surface area contributed by atoms with E-state index in [2.05, 4.69) is 10.3 Å². The normalized spacial score (nSPS) is 10.8. The number of rotatable bonds is 3. The van der Waals surface area contributed by atoms with Gasteiger partial charge in [-0.3, -0.25) is 5.32 Å². The number of amides is 1. The van der Waals surface area contributed by atoms with Crippen molar-refractivity contribution in [2.45, 2.75) is 33.3 Å². The number of hydrogen-bond donors (Lipinski definition) is 1. The van der Waals surface area contributed by atoms with E-state index in [1.807, 2.05) is 27.7 Å². The number of anilines is 1. The number of hydrogen-bond acceptors (Lipinski definition) is 4. The van der Waals surface area contributed by atoms with Crippen molar-refractivity contribution in [3.8, 4) is 5.88 Å². The number of carbonyl (C=O) groups excluding carboxylic acids is 1. The van der Waals surface area contributed by atoms with Gasteiger partial charge >= 0.3 is 6.09 Å². The lowest BCUT2D eigenvalue weighted by atomic mass is 10.2. The molecule has 0 fully saturated rings. The van der Waals surface area contributed by atoms with Gasteiger partial charge in [0.15, 0.2) is 0 Å². The lowest BCUT2D eigenvalue weighted by Crippen LogP contribution is -2.27. The van der Waals surface area contributed by atoms with Gasteiger partial charge in [-0.15, -0.1) is 0 Å². The number of pyridine rings is 1. The zero-order chi connectivity index (χ0) is 12.9. The van der Waals surface area contributed by atoms with Crippen LogP contribution >= 0.6 is 0 Å². The Morgan fingerprint density at radius 2 is 2.12 bits per heavy atom. The monoisotopic (exact) mass is 238 g/mol. The van der Waals surface area contributed by atoms with E-state index in [9.17, 15) is 4.79 Å². The van der Waals surface area contributed by atoms with Crippen molar-refractivity contribution in [3.63, 3.8) is 0 Å². The van der Waals surface area contributed by atoms with Crippen LogP contribution in [0.5, 0.6) is 5.88 Å². The molecule has 0 aliphatic rings. The van der Waals surface area contributed by atoms with Gasteiger partial charge in [-0.1, -0.05) is 0 Å². The molecule has 0 saturated carbocycles. The van der Waals surface area contributed by atoms with Crippen LogP contribution in [0.3, 0.4) is 0 Å². The van der Waals surface area contributed by atoms with E-state index in [0.717, 1.165) is 0 Å². The number of aromatic nitrogens is 1. The molecule has 0 bridgehead atoms. The van der Waals surface area contributed by atoms with Crippen molar-refractivity contribution in [1.82, 2.24) is 4.98 Å². The highest BCUT2D eigenvalue weighted by molar-refractivity contribution is 5.84. The summed E-state index contributed by atoms with van der Waals surface area (Å²) in [4.78, 5) is 15.5. The van der Waals surface area contributed by atoms with Crippen LogP contribution in [0.25, 0.3) is 0 Å². The Balaban J connectivity index is 2.54. The Morgan fingerprint density at radius 3 is 2.59 bits per heavy atom. The average Bonchev–Trinajstić information content (AvgIpc) is 2.18. The molecule has 1 N–H and O–H groups in total. The van der Waals surface area contributed by atoms with Crippen LogP contribution in [0.4, 0.5) is 10.5 Å². The fraction of sp³-hybridized carbons (Fsp3) is 0.500. The van der Waals surface area contributed by atoms with Gasteiger partial charge in [-0.2, -0.15) is 0 Å². The molecule has 0 atom stereocenters. The number of nitrogens with zero attached hydrogens (tertiary/aromatic N) is 1. The summed E-state index contributed by atoms with van der Waals surface area (Å²) in [6.45, 7) is 7.87. The van der Waals surface area contributed by atoms with Crippen LogP contribution < -0.4 is 10.1 Å². The molecule has 0 radical (unpaired) electrons. The quantitative estimate of drug-likeness (QED) is 0.879. The van der Waals surface area contributed by atoms with Gasteiger partial charge in [-0.05, 0) is 33.8 Å². The van der Waals surface area contributed by atoms with E-state index in [-0.39, 0.29) is 0 Å². The van der Waals surface area contributed by atoms with E-state index >= 15 is 0 Å². The molecule has 0 spiro atoms. The fourth-order valence-electron chi connectivity index (χ4n) is 1.11. The van der Waals surface area contributed by atoms with Gasteiger partial charge in [0.1, 0.15) is 5.60 Å². The molecule has 0 aliphatic heterocycles. The summed E-state index contributed by atoms with van der Waals surface area (Å²) in [5, 5.41) is 2.59. The summed E-state index contributed by atoms with van der Waals surface area (Å²) in [5.74, 6) is 0.530. The zero-order valence-corrected chi connectivity index (χ0v) is 10.6. The second-order valence-electron chi connectivity index (χ2n) is 4.45. The van der Waals surface area contributed by atoms with Crippen LogP contribution in [0.2, 0.25) is 0 Å².